The van der Waals surface area contributed by atoms with Gasteiger partial charge in [0, 0.05) is 11.2 Å². The molecule has 0 radical (unpaired) electrons. The summed E-state index contributed by atoms with van der Waals surface area (Å²) >= 11 is 0. The zero-order valence-corrected chi connectivity index (χ0v) is 12.3. The van der Waals surface area contributed by atoms with E-state index in [0.29, 0.717) is 0 Å². The number of hydrogen-bond acceptors (Lipinski definition) is 3. The summed E-state index contributed by atoms with van der Waals surface area (Å²) in [6.45, 7) is 8.28. The molecule has 0 spiro atoms. The lowest BCUT2D eigenvalue weighted by atomic mass is 9.59. The predicted molar refractivity (Wildman–Crippen MR) is 82.0 cm³/mol. The van der Waals surface area contributed by atoms with Gasteiger partial charge in [-0.05, 0) is 38.8 Å². The molecule has 0 saturated heterocycles. The van der Waals surface area contributed by atoms with E-state index in [0.717, 1.165) is 5.69 Å². The maximum atomic E-state index is 6.63. The molecule has 3 heteroatoms. The minimum absolute atomic E-state index is 0.244. The minimum Gasteiger partial charge on any atom is -0.374 e. The van der Waals surface area contributed by atoms with E-state index in [2.05, 4.69) is 31.3 Å². The number of anilines is 1. The van der Waals surface area contributed by atoms with Gasteiger partial charge < -0.3 is 16.8 Å². The highest BCUT2D eigenvalue weighted by atomic mass is 15.1. The highest BCUT2D eigenvalue weighted by Gasteiger charge is 2.55. The maximum Gasteiger partial charge on any atom is 0.0722 e. The van der Waals surface area contributed by atoms with Crippen LogP contribution in [0.1, 0.15) is 27.7 Å². The zero-order chi connectivity index (χ0) is 14.3. The number of para-hydroxylation sites is 1. The van der Waals surface area contributed by atoms with E-state index in [1.807, 2.05) is 44.2 Å². The average Bonchev–Trinajstić information content (AvgIpc) is 2.35. The van der Waals surface area contributed by atoms with Crippen molar-refractivity contribution in [1.82, 2.24) is 0 Å². The predicted octanol–water partition coefficient (Wildman–Crippen LogP) is 2.50. The smallest absolute Gasteiger partial charge is 0.0722 e. The van der Waals surface area contributed by atoms with Crippen LogP contribution in [0.25, 0.3) is 0 Å². The van der Waals surface area contributed by atoms with Crippen LogP contribution < -0.4 is 16.8 Å². The fraction of sp³-hybridized carbons (Fsp3) is 0.500. The summed E-state index contributed by atoms with van der Waals surface area (Å²) in [4.78, 5) is 0. The van der Waals surface area contributed by atoms with Gasteiger partial charge in [0.25, 0.3) is 0 Å². The lowest BCUT2D eigenvalue weighted by Gasteiger charge is -2.56. The van der Waals surface area contributed by atoms with E-state index >= 15 is 0 Å². The number of hydrogen-bond donors (Lipinski definition) is 3. The fourth-order valence-electron chi connectivity index (χ4n) is 2.74. The van der Waals surface area contributed by atoms with Crippen molar-refractivity contribution < 1.29 is 0 Å². The summed E-state index contributed by atoms with van der Waals surface area (Å²) in [6, 6.07) is 10.1. The summed E-state index contributed by atoms with van der Waals surface area (Å²) in [5.74, 6) is 0.244. The molecule has 2 rings (SSSR count). The molecule has 1 aromatic rings. The number of nitrogens with one attached hydrogen (secondary N) is 1. The first-order valence-corrected chi connectivity index (χ1v) is 6.81. The van der Waals surface area contributed by atoms with Crippen LogP contribution in [-0.4, -0.2) is 16.6 Å². The molecular weight excluding hydrogens is 234 g/mol. The third-order valence-electron chi connectivity index (χ3n) is 5.04. The van der Waals surface area contributed by atoms with Crippen LogP contribution in [0.15, 0.2) is 42.5 Å². The summed E-state index contributed by atoms with van der Waals surface area (Å²) in [7, 11) is 0. The number of nitrogens with two attached hydrogens (primary N) is 2. The Morgan fingerprint density at radius 2 is 1.63 bits per heavy atom. The first-order chi connectivity index (χ1) is 8.71. The summed E-state index contributed by atoms with van der Waals surface area (Å²) in [6.07, 6.45) is 4.31. The Labute approximate surface area is 116 Å². The van der Waals surface area contributed by atoms with Crippen molar-refractivity contribution in [3.05, 3.63) is 42.5 Å². The average molecular weight is 259 g/mol. The van der Waals surface area contributed by atoms with Crippen LogP contribution in [0.4, 0.5) is 5.69 Å². The van der Waals surface area contributed by atoms with Gasteiger partial charge in [0.05, 0.1) is 11.1 Å². The van der Waals surface area contributed by atoms with E-state index in [1.54, 1.807) is 0 Å². The molecule has 0 bridgehead atoms. The van der Waals surface area contributed by atoms with Crippen molar-refractivity contribution in [3.63, 3.8) is 0 Å². The Hall–Kier alpha value is -1.32. The van der Waals surface area contributed by atoms with Crippen molar-refractivity contribution in [2.45, 2.75) is 44.3 Å². The Morgan fingerprint density at radius 3 is 2.21 bits per heavy atom. The van der Waals surface area contributed by atoms with E-state index in [4.69, 9.17) is 11.5 Å². The van der Waals surface area contributed by atoms with Crippen molar-refractivity contribution in [3.8, 4) is 0 Å². The van der Waals surface area contributed by atoms with Gasteiger partial charge in [-0.1, -0.05) is 37.3 Å². The van der Waals surface area contributed by atoms with Crippen LogP contribution in [0.5, 0.6) is 0 Å². The highest BCUT2D eigenvalue weighted by Crippen LogP contribution is 2.41. The van der Waals surface area contributed by atoms with Gasteiger partial charge in [0.15, 0.2) is 0 Å². The minimum atomic E-state index is -0.565. The van der Waals surface area contributed by atoms with E-state index in [-0.39, 0.29) is 11.5 Å². The molecule has 0 fully saturated rings. The van der Waals surface area contributed by atoms with Gasteiger partial charge in [0.1, 0.15) is 0 Å². The third-order valence-corrected chi connectivity index (χ3v) is 5.04. The second-order valence-electron chi connectivity index (χ2n) is 6.33. The monoisotopic (exact) mass is 259 g/mol. The Morgan fingerprint density at radius 1 is 1.05 bits per heavy atom. The van der Waals surface area contributed by atoms with Gasteiger partial charge in [-0.3, -0.25) is 0 Å². The molecule has 0 heterocycles. The quantitative estimate of drug-likeness (QED) is 0.715. The normalized spacial score (nSPS) is 42.1. The van der Waals surface area contributed by atoms with Gasteiger partial charge in [-0.2, -0.15) is 0 Å². The second-order valence-corrected chi connectivity index (χ2v) is 6.33. The van der Waals surface area contributed by atoms with Crippen LogP contribution in [0.2, 0.25) is 0 Å². The first kappa shape index (κ1) is 14.1. The van der Waals surface area contributed by atoms with Crippen molar-refractivity contribution >= 4 is 5.69 Å². The molecular formula is C16H25N3. The molecule has 4 atom stereocenters. The molecule has 104 valence electrons. The molecule has 0 aromatic heterocycles. The van der Waals surface area contributed by atoms with E-state index in [9.17, 15) is 0 Å². The second kappa shape index (κ2) is 4.36. The molecule has 5 N–H and O–H groups in total. The SMILES string of the molecule is CC1C=CC(C)(Nc2ccccc2)C(C)(N)C1(C)N. The van der Waals surface area contributed by atoms with Gasteiger partial charge in [-0.25, -0.2) is 0 Å². The molecule has 0 amide bonds. The topological polar surface area (TPSA) is 64.1 Å². The summed E-state index contributed by atoms with van der Waals surface area (Å²) in [5, 5.41) is 3.53. The zero-order valence-electron chi connectivity index (χ0n) is 12.3. The maximum absolute atomic E-state index is 6.63. The van der Waals surface area contributed by atoms with Crippen molar-refractivity contribution in [2.24, 2.45) is 17.4 Å². The Balaban J connectivity index is 2.40. The molecule has 1 aliphatic rings. The molecule has 3 nitrogen and oxygen atoms in total. The number of benzene rings is 1. The molecule has 19 heavy (non-hydrogen) atoms. The van der Waals surface area contributed by atoms with Crippen LogP contribution in [0.3, 0.4) is 0 Å². The standard InChI is InChI=1S/C16H25N3/c1-12-10-11-14(2,16(4,18)15(12,3)17)19-13-8-6-5-7-9-13/h5-12,19H,17-18H2,1-4H3. The molecule has 0 aliphatic heterocycles. The van der Waals surface area contributed by atoms with Crippen molar-refractivity contribution in [1.29, 1.82) is 0 Å². The highest BCUT2D eigenvalue weighted by molar-refractivity contribution is 5.50. The fourth-order valence-corrected chi connectivity index (χ4v) is 2.74. The van der Waals surface area contributed by atoms with Gasteiger partial charge in [-0.15, -0.1) is 0 Å². The van der Waals surface area contributed by atoms with E-state index < -0.39 is 11.1 Å². The lowest BCUT2D eigenvalue weighted by molar-refractivity contribution is 0.144. The number of rotatable bonds is 2. The van der Waals surface area contributed by atoms with Crippen LogP contribution in [-0.2, 0) is 0 Å². The Bertz CT molecular complexity index is 476. The van der Waals surface area contributed by atoms with Crippen LogP contribution >= 0.6 is 0 Å². The van der Waals surface area contributed by atoms with E-state index in [1.165, 1.54) is 0 Å². The largest absolute Gasteiger partial charge is 0.374 e. The molecule has 1 aliphatic carbocycles. The van der Waals surface area contributed by atoms with Gasteiger partial charge in [0.2, 0.25) is 0 Å². The Kier molecular flexibility index (Phi) is 3.23. The third kappa shape index (κ3) is 2.07. The van der Waals surface area contributed by atoms with Crippen LogP contribution in [0, 0.1) is 5.92 Å². The lowest BCUT2D eigenvalue weighted by Crippen LogP contribution is -2.77. The first-order valence-electron chi connectivity index (χ1n) is 6.81. The molecule has 1 aromatic carbocycles. The summed E-state index contributed by atoms with van der Waals surface area (Å²) in [5.41, 5.74) is 12.8. The van der Waals surface area contributed by atoms with Gasteiger partial charge >= 0.3 is 0 Å². The molecule has 0 saturated carbocycles. The molecule has 4 unspecified atom stereocenters. The van der Waals surface area contributed by atoms with Crippen molar-refractivity contribution in [2.75, 3.05) is 5.32 Å². The summed E-state index contributed by atoms with van der Waals surface area (Å²) < 4.78 is 0.